The van der Waals surface area contributed by atoms with E-state index in [1.54, 1.807) is 0 Å². The Balaban J connectivity index is 0. The first-order valence-corrected chi connectivity index (χ1v) is 3.27. The first kappa shape index (κ1) is 12.3. The Morgan fingerprint density at radius 3 is 2.20 bits per heavy atom. The number of rotatable bonds is 3. The molecule has 0 aliphatic carbocycles. The summed E-state index contributed by atoms with van der Waals surface area (Å²) in [6.07, 6.45) is 9.34. The van der Waals surface area contributed by atoms with E-state index in [1.807, 2.05) is 31.3 Å². The first-order chi connectivity index (χ1) is 4.27. The minimum absolute atomic E-state index is 0. The fourth-order valence-electron chi connectivity index (χ4n) is 0.436. The molecule has 0 rings (SSSR count). The highest BCUT2D eigenvalue weighted by Gasteiger charge is 1.69. The quantitative estimate of drug-likeness (QED) is 0.575. The van der Waals surface area contributed by atoms with Crippen LogP contribution in [0.1, 0.15) is 13.3 Å². The molecule has 0 heterocycles. The Kier molecular flexibility index (Phi) is 10.5. The van der Waals surface area contributed by atoms with Crippen molar-refractivity contribution in [1.29, 1.82) is 0 Å². The van der Waals surface area contributed by atoms with Gasteiger partial charge in [-0.2, -0.15) is 0 Å². The molecule has 0 amide bonds. The van der Waals surface area contributed by atoms with Gasteiger partial charge in [-0.1, -0.05) is 19.1 Å². The van der Waals surface area contributed by atoms with E-state index in [0.717, 1.165) is 6.42 Å². The average molecular weight is 162 g/mol. The van der Waals surface area contributed by atoms with Crippen LogP contribution in [0.5, 0.6) is 0 Å². The van der Waals surface area contributed by atoms with Crippen LogP contribution in [0.25, 0.3) is 0 Å². The van der Waals surface area contributed by atoms with E-state index in [2.05, 4.69) is 19.1 Å². The highest BCUT2D eigenvalue weighted by atomic mass is 35.5. The average Bonchev–Trinajstić information content (AvgIpc) is 1.80. The fraction of sp³-hybridized carbons (Fsp3) is 0.500. The van der Waals surface area contributed by atoms with Gasteiger partial charge in [0.15, 0.2) is 0 Å². The number of hydrogen-bond donors (Lipinski definition) is 0. The zero-order valence-electron chi connectivity index (χ0n) is 6.87. The summed E-state index contributed by atoms with van der Waals surface area (Å²) in [5, 5.41) is 0. The van der Waals surface area contributed by atoms with E-state index in [0.29, 0.717) is 0 Å². The van der Waals surface area contributed by atoms with Crippen molar-refractivity contribution < 1.29 is 0 Å². The molecule has 2 heteroatoms. The van der Waals surface area contributed by atoms with E-state index in [9.17, 15) is 0 Å². The molecule has 0 fully saturated rings. The normalized spacial score (nSPS) is 10.3. The lowest BCUT2D eigenvalue weighted by Crippen LogP contribution is -1.99. The molecule has 0 saturated heterocycles. The van der Waals surface area contributed by atoms with Crippen LogP contribution in [0.4, 0.5) is 0 Å². The molecule has 0 N–H and O–H groups in total. The molecule has 60 valence electrons. The van der Waals surface area contributed by atoms with Gasteiger partial charge in [-0.3, -0.25) is 0 Å². The Labute approximate surface area is 69.8 Å². The van der Waals surface area contributed by atoms with Crippen molar-refractivity contribution in [2.24, 2.45) is 0 Å². The van der Waals surface area contributed by atoms with Crippen molar-refractivity contribution in [3.05, 3.63) is 24.4 Å². The summed E-state index contributed by atoms with van der Waals surface area (Å²) in [5.74, 6) is 0. The zero-order chi connectivity index (χ0) is 7.11. The van der Waals surface area contributed by atoms with Crippen molar-refractivity contribution in [1.82, 2.24) is 4.90 Å². The van der Waals surface area contributed by atoms with E-state index in [1.165, 1.54) is 0 Å². The van der Waals surface area contributed by atoms with Crippen LogP contribution in [0, 0.1) is 0 Å². The Hall–Kier alpha value is -0.430. The predicted molar refractivity (Wildman–Crippen MR) is 49.5 cm³/mol. The zero-order valence-corrected chi connectivity index (χ0v) is 7.69. The SMILES string of the molecule is CCC=CC=CN(C)C.Cl. The number of hydrogen-bond acceptors (Lipinski definition) is 1. The minimum atomic E-state index is 0. The van der Waals surface area contributed by atoms with Crippen LogP contribution < -0.4 is 0 Å². The molecule has 0 aliphatic heterocycles. The van der Waals surface area contributed by atoms with Crippen molar-refractivity contribution in [2.45, 2.75) is 13.3 Å². The standard InChI is InChI=1S/C8H15N.ClH/c1-4-5-6-7-8-9(2)3;/h5-8H,4H2,1-3H3;1H. The van der Waals surface area contributed by atoms with Crippen LogP contribution in [0.15, 0.2) is 24.4 Å². The molecule has 0 spiro atoms. The molecule has 0 aliphatic rings. The lowest BCUT2D eigenvalue weighted by Gasteiger charge is -2.00. The maximum atomic E-state index is 2.12. The van der Waals surface area contributed by atoms with Crippen molar-refractivity contribution >= 4 is 12.4 Å². The highest BCUT2D eigenvalue weighted by molar-refractivity contribution is 5.85. The molecule has 0 saturated carbocycles. The summed E-state index contributed by atoms with van der Waals surface area (Å²) in [7, 11) is 4.02. The molecule has 0 atom stereocenters. The lowest BCUT2D eigenvalue weighted by molar-refractivity contribution is 0.564. The monoisotopic (exact) mass is 161 g/mol. The van der Waals surface area contributed by atoms with Gasteiger partial charge in [0.2, 0.25) is 0 Å². The maximum Gasteiger partial charge on any atom is 0.00556 e. The van der Waals surface area contributed by atoms with Crippen molar-refractivity contribution in [3.8, 4) is 0 Å². The molecular formula is C8H16ClN. The largest absolute Gasteiger partial charge is 0.383 e. The van der Waals surface area contributed by atoms with Gasteiger partial charge in [0, 0.05) is 14.1 Å². The second-order valence-electron chi connectivity index (χ2n) is 2.14. The van der Waals surface area contributed by atoms with Crippen LogP contribution in [-0.2, 0) is 0 Å². The van der Waals surface area contributed by atoms with Gasteiger partial charge in [0.05, 0.1) is 0 Å². The molecule has 0 aromatic rings. The van der Waals surface area contributed by atoms with Gasteiger partial charge in [-0.05, 0) is 18.7 Å². The number of allylic oxidation sites excluding steroid dienone is 3. The first-order valence-electron chi connectivity index (χ1n) is 3.27. The molecule has 0 unspecified atom stereocenters. The fourth-order valence-corrected chi connectivity index (χ4v) is 0.436. The molecule has 0 radical (unpaired) electrons. The summed E-state index contributed by atoms with van der Waals surface area (Å²) in [6, 6.07) is 0. The summed E-state index contributed by atoms with van der Waals surface area (Å²) in [5.41, 5.74) is 0. The summed E-state index contributed by atoms with van der Waals surface area (Å²) in [4.78, 5) is 2.01. The van der Waals surface area contributed by atoms with Crippen LogP contribution in [-0.4, -0.2) is 19.0 Å². The second kappa shape index (κ2) is 8.57. The van der Waals surface area contributed by atoms with Crippen molar-refractivity contribution in [2.75, 3.05) is 14.1 Å². The lowest BCUT2D eigenvalue weighted by atomic mass is 10.4. The highest BCUT2D eigenvalue weighted by Crippen LogP contribution is 1.82. The summed E-state index contributed by atoms with van der Waals surface area (Å²) in [6.45, 7) is 2.12. The molecular weight excluding hydrogens is 146 g/mol. The Morgan fingerprint density at radius 1 is 1.20 bits per heavy atom. The number of nitrogens with zero attached hydrogens (tertiary/aromatic N) is 1. The molecule has 0 aromatic heterocycles. The van der Waals surface area contributed by atoms with Gasteiger partial charge < -0.3 is 4.90 Å². The smallest absolute Gasteiger partial charge is 0.00556 e. The topological polar surface area (TPSA) is 3.24 Å². The van der Waals surface area contributed by atoms with Gasteiger partial charge >= 0.3 is 0 Å². The van der Waals surface area contributed by atoms with Crippen molar-refractivity contribution in [3.63, 3.8) is 0 Å². The third-order valence-corrected chi connectivity index (χ3v) is 0.867. The van der Waals surface area contributed by atoms with E-state index >= 15 is 0 Å². The second-order valence-corrected chi connectivity index (χ2v) is 2.14. The van der Waals surface area contributed by atoms with E-state index in [4.69, 9.17) is 0 Å². The maximum absolute atomic E-state index is 2.12. The Bertz CT molecular complexity index is 106. The Morgan fingerprint density at radius 2 is 1.80 bits per heavy atom. The number of halogens is 1. The molecule has 0 aromatic carbocycles. The van der Waals surface area contributed by atoms with Crippen LogP contribution >= 0.6 is 12.4 Å². The molecule has 1 nitrogen and oxygen atoms in total. The summed E-state index contributed by atoms with van der Waals surface area (Å²) < 4.78 is 0. The van der Waals surface area contributed by atoms with Gasteiger partial charge in [0.1, 0.15) is 0 Å². The van der Waals surface area contributed by atoms with E-state index < -0.39 is 0 Å². The molecule has 0 bridgehead atoms. The third-order valence-electron chi connectivity index (χ3n) is 0.867. The van der Waals surface area contributed by atoms with Gasteiger partial charge in [-0.15, -0.1) is 12.4 Å². The minimum Gasteiger partial charge on any atom is -0.383 e. The predicted octanol–water partition coefficient (Wildman–Crippen LogP) is 2.45. The summed E-state index contributed by atoms with van der Waals surface area (Å²) >= 11 is 0. The molecule has 10 heavy (non-hydrogen) atoms. The van der Waals surface area contributed by atoms with Gasteiger partial charge in [0.25, 0.3) is 0 Å². The van der Waals surface area contributed by atoms with Crippen LogP contribution in [0.3, 0.4) is 0 Å². The van der Waals surface area contributed by atoms with Gasteiger partial charge in [-0.25, -0.2) is 0 Å². The third kappa shape index (κ3) is 10.5. The van der Waals surface area contributed by atoms with E-state index in [-0.39, 0.29) is 12.4 Å². The van der Waals surface area contributed by atoms with Crippen LogP contribution in [0.2, 0.25) is 0 Å².